The summed E-state index contributed by atoms with van der Waals surface area (Å²) in [6.07, 6.45) is 1.59. The Hall–Kier alpha value is -3.78. The van der Waals surface area contributed by atoms with E-state index in [1.54, 1.807) is 19.1 Å². The van der Waals surface area contributed by atoms with Crippen LogP contribution in [0, 0.1) is 17.6 Å². The Morgan fingerprint density at radius 3 is 2.66 bits per heavy atom. The van der Waals surface area contributed by atoms with Crippen LogP contribution in [0.25, 0.3) is 11.0 Å². The van der Waals surface area contributed by atoms with Crippen molar-refractivity contribution in [1.29, 1.82) is 0 Å². The predicted octanol–water partition coefficient (Wildman–Crippen LogP) is 7.20. The molecule has 0 unspecified atom stereocenters. The van der Waals surface area contributed by atoms with Gasteiger partial charge in [-0.3, -0.25) is 4.98 Å². The van der Waals surface area contributed by atoms with E-state index in [-0.39, 0.29) is 17.7 Å². The van der Waals surface area contributed by atoms with Crippen molar-refractivity contribution in [2.75, 3.05) is 6.61 Å². The SMILES string of the molecule is C[C@H](CCOc1ccc(F)cc1[C@@H](C)NC(=O)OCc1ccccc1)Cc1c(F)cnc2ccc(Cl)nc12. The molecule has 0 fully saturated rings. The molecule has 9 heteroatoms. The number of hydrogen-bond acceptors (Lipinski definition) is 5. The van der Waals surface area contributed by atoms with Gasteiger partial charge >= 0.3 is 6.09 Å². The van der Waals surface area contributed by atoms with Crippen LogP contribution in [-0.4, -0.2) is 22.7 Å². The number of pyridine rings is 2. The van der Waals surface area contributed by atoms with Crippen molar-refractivity contribution in [2.45, 2.75) is 39.3 Å². The molecule has 0 aliphatic rings. The number of nitrogens with one attached hydrogen (secondary N) is 1. The van der Waals surface area contributed by atoms with Gasteiger partial charge in [0.15, 0.2) is 0 Å². The van der Waals surface area contributed by atoms with Crippen molar-refractivity contribution in [1.82, 2.24) is 15.3 Å². The van der Waals surface area contributed by atoms with E-state index in [0.29, 0.717) is 47.4 Å². The Morgan fingerprint density at radius 1 is 1.08 bits per heavy atom. The molecule has 2 heterocycles. The molecule has 2 aromatic heterocycles. The van der Waals surface area contributed by atoms with Crippen molar-refractivity contribution in [3.05, 3.63) is 100 Å². The predicted molar refractivity (Wildman–Crippen MR) is 142 cm³/mol. The maximum absolute atomic E-state index is 14.6. The zero-order valence-corrected chi connectivity index (χ0v) is 21.8. The fourth-order valence-corrected chi connectivity index (χ4v) is 4.24. The molecule has 0 aliphatic carbocycles. The smallest absolute Gasteiger partial charge is 0.407 e. The molecule has 4 aromatic rings. The zero-order valence-electron chi connectivity index (χ0n) is 21.1. The van der Waals surface area contributed by atoms with Crippen LogP contribution in [0.1, 0.15) is 43.0 Å². The maximum Gasteiger partial charge on any atom is 0.407 e. The molecule has 6 nitrogen and oxygen atoms in total. The van der Waals surface area contributed by atoms with Crippen LogP contribution < -0.4 is 10.1 Å². The van der Waals surface area contributed by atoms with Gasteiger partial charge in [0.1, 0.15) is 29.1 Å². The van der Waals surface area contributed by atoms with Crippen molar-refractivity contribution in [2.24, 2.45) is 5.92 Å². The molecule has 0 saturated carbocycles. The minimum absolute atomic E-state index is 0.0447. The second-order valence-corrected chi connectivity index (χ2v) is 9.53. The lowest BCUT2D eigenvalue weighted by Gasteiger charge is -2.19. The summed E-state index contributed by atoms with van der Waals surface area (Å²) in [5.74, 6) is -0.384. The number of carbonyl (C=O) groups excluding carboxylic acids is 1. The van der Waals surface area contributed by atoms with Gasteiger partial charge in [-0.1, -0.05) is 48.9 Å². The van der Waals surface area contributed by atoms with Crippen LogP contribution in [-0.2, 0) is 17.8 Å². The Balaban J connectivity index is 1.35. The number of carbonyl (C=O) groups is 1. The maximum atomic E-state index is 14.6. The first-order valence-electron chi connectivity index (χ1n) is 12.3. The van der Waals surface area contributed by atoms with E-state index in [1.807, 2.05) is 37.3 Å². The van der Waals surface area contributed by atoms with Gasteiger partial charge in [0.2, 0.25) is 0 Å². The highest BCUT2D eigenvalue weighted by molar-refractivity contribution is 6.29. The first kappa shape index (κ1) is 27.3. The third kappa shape index (κ3) is 7.16. The third-order valence-corrected chi connectivity index (χ3v) is 6.35. The third-order valence-electron chi connectivity index (χ3n) is 6.14. The number of amides is 1. The van der Waals surface area contributed by atoms with Gasteiger partial charge in [-0.2, -0.15) is 0 Å². The number of benzene rings is 2. The number of rotatable bonds is 10. The molecule has 0 saturated heterocycles. The summed E-state index contributed by atoms with van der Waals surface area (Å²) in [4.78, 5) is 20.6. The highest BCUT2D eigenvalue weighted by Gasteiger charge is 2.18. The van der Waals surface area contributed by atoms with E-state index in [4.69, 9.17) is 21.1 Å². The van der Waals surface area contributed by atoms with E-state index < -0.39 is 23.8 Å². The van der Waals surface area contributed by atoms with Crippen LogP contribution in [0.4, 0.5) is 13.6 Å². The molecule has 198 valence electrons. The second-order valence-electron chi connectivity index (χ2n) is 9.14. The lowest BCUT2D eigenvalue weighted by Crippen LogP contribution is -2.27. The Bertz CT molecular complexity index is 1400. The summed E-state index contributed by atoms with van der Waals surface area (Å²) in [7, 11) is 0. The molecule has 1 N–H and O–H groups in total. The molecule has 2 aromatic carbocycles. The van der Waals surface area contributed by atoms with Gasteiger partial charge in [-0.05, 0) is 61.6 Å². The van der Waals surface area contributed by atoms with Crippen LogP contribution in [0.3, 0.4) is 0 Å². The highest BCUT2D eigenvalue weighted by atomic mass is 35.5. The lowest BCUT2D eigenvalue weighted by molar-refractivity contribution is 0.136. The van der Waals surface area contributed by atoms with Crippen molar-refractivity contribution >= 4 is 28.7 Å². The van der Waals surface area contributed by atoms with Crippen LogP contribution in [0.5, 0.6) is 5.75 Å². The number of aromatic nitrogens is 2. The van der Waals surface area contributed by atoms with Gasteiger partial charge in [0, 0.05) is 11.1 Å². The Kier molecular flexibility index (Phi) is 9.07. The molecule has 0 radical (unpaired) electrons. The van der Waals surface area contributed by atoms with E-state index in [1.165, 1.54) is 24.4 Å². The molecule has 0 bridgehead atoms. The molecule has 2 atom stereocenters. The van der Waals surface area contributed by atoms with E-state index in [9.17, 15) is 13.6 Å². The van der Waals surface area contributed by atoms with Crippen LogP contribution >= 0.6 is 11.6 Å². The largest absolute Gasteiger partial charge is 0.493 e. The molecular weight excluding hydrogens is 512 g/mol. The summed E-state index contributed by atoms with van der Waals surface area (Å²) in [6, 6.07) is 16.2. The van der Waals surface area contributed by atoms with Crippen molar-refractivity contribution in [3.63, 3.8) is 0 Å². The standard InChI is InChI=1S/C29H28ClF2N3O3/c1-18(14-23-24(32)16-33-25-9-11-27(30)35-28(23)25)12-13-37-26-10-8-21(31)15-22(26)19(2)34-29(36)38-17-20-6-4-3-5-7-20/h3-11,15-16,18-19H,12-14,17H2,1-2H3,(H,34,36)/t18-,19-/m1/s1. The topological polar surface area (TPSA) is 73.3 Å². The van der Waals surface area contributed by atoms with Crippen molar-refractivity contribution in [3.8, 4) is 5.75 Å². The molecule has 4 rings (SSSR count). The van der Waals surface area contributed by atoms with E-state index in [0.717, 1.165) is 5.56 Å². The quantitative estimate of drug-likeness (QED) is 0.216. The summed E-state index contributed by atoms with van der Waals surface area (Å²) in [5.41, 5.74) is 2.83. The molecule has 38 heavy (non-hydrogen) atoms. The summed E-state index contributed by atoms with van der Waals surface area (Å²) in [6.45, 7) is 4.14. The zero-order chi connectivity index (χ0) is 27.1. The van der Waals surface area contributed by atoms with Crippen LogP contribution in [0.15, 0.2) is 66.9 Å². The Morgan fingerprint density at radius 2 is 1.87 bits per heavy atom. The van der Waals surface area contributed by atoms with Gasteiger partial charge < -0.3 is 14.8 Å². The van der Waals surface area contributed by atoms with Gasteiger partial charge in [0.05, 0.1) is 29.9 Å². The lowest BCUT2D eigenvalue weighted by atomic mass is 9.97. The number of ether oxygens (including phenoxy) is 2. The first-order chi connectivity index (χ1) is 18.3. The normalized spacial score (nSPS) is 12.7. The minimum atomic E-state index is -0.620. The minimum Gasteiger partial charge on any atom is -0.493 e. The highest BCUT2D eigenvalue weighted by Crippen LogP contribution is 2.28. The van der Waals surface area contributed by atoms with Gasteiger partial charge in [0.25, 0.3) is 0 Å². The Labute approximate surface area is 225 Å². The fraction of sp³-hybridized carbons (Fsp3) is 0.276. The average molecular weight is 540 g/mol. The van der Waals surface area contributed by atoms with Crippen LogP contribution in [0.2, 0.25) is 5.15 Å². The molecule has 0 spiro atoms. The molecule has 1 amide bonds. The number of alkyl carbamates (subject to hydrolysis) is 1. The van der Waals surface area contributed by atoms with E-state index >= 15 is 0 Å². The van der Waals surface area contributed by atoms with Crippen molar-refractivity contribution < 1.29 is 23.0 Å². The number of fused-ring (bicyclic) bond motifs is 1. The average Bonchev–Trinajstić information content (AvgIpc) is 2.90. The number of nitrogens with zero attached hydrogens (tertiary/aromatic N) is 2. The summed E-state index contributed by atoms with van der Waals surface area (Å²) >= 11 is 6.02. The van der Waals surface area contributed by atoms with Gasteiger partial charge in [-0.15, -0.1) is 0 Å². The number of halogens is 3. The van der Waals surface area contributed by atoms with Gasteiger partial charge in [-0.25, -0.2) is 18.6 Å². The second kappa shape index (κ2) is 12.6. The van der Waals surface area contributed by atoms with E-state index in [2.05, 4.69) is 15.3 Å². The summed E-state index contributed by atoms with van der Waals surface area (Å²) < 4.78 is 39.9. The fourth-order valence-electron chi connectivity index (χ4n) is 4.09. The molecule has 0 aliphatic heterocycles. The number of hydrogen-bond donors (Lipinski definition) is 1. The molecular formula is C29H28ClF2N3O3. The first-order valence-corrected chi connectivity index (χ1v) is 12.7. The summed E-state index contributed by atoms with van der Waals surface area (Å²) in [5, 5.41) is 3.00. The monoisotopic (exact) mass is 539 g/mol.